The highest BCUT2D eigenvalue weighted by Crippen LogP contribution is 2.61. The summed E-state index contributed by atoms with van der Waals surface area (Å²) in [6, 6.07) is 86.7. The molecule has 0 atom stereocenters. The van der Waals surface area contributed by atoms with E-state index in [9.17, 15) is 0 Å². The fraction of sp³-hybridized carbons (Fsp3) is 0.0164. The molecule has 0 amide bonds. The zero-order valence-electron chi connectivity index (χ0n) is 34.4. The minimum Gasteiger partial charge on any atom is -0.456 e. The minimum atomic E-state index is -0.521. The quantitative estimate of drug-likeness (QED) is 0.172. The molecule has 2 aliphatic rings. The number of benzene rings is 10. The van der Waals surface area contributed by atoms with Crippen LogP contribution in [-0.4, -0.2) is 0 Å². The summed E-state index contributed by atoms with van der Waals surface area (Å²) in [6.07, 6.45) is 0. The molecule has 63 heavy (non-hydrogen) atoms. The molecule has 2 nitrogen and oxygen atoms in total. The first-order valence-corrected chi connectivity index (χ1v) is 21.7. The number of fused-ring (bicyclic) bond motifs is 15. The topological polar surface area (TPSA) is 16.4 Å². The number of anilines is 3. The van der Waals surface area contributed by atoms with E-state index in [1.807, 2.05) is 12.1 Å². The fourth-order valence-electron chi connectivity index (χ4n) is 10.8. The number of hydrogen-bond donors (Lipinski definition) is 0. The lowest BCUT2D eigenvalue weighted by Gasteiger charge is -2.35. The van der Waals surface area contributed by atoms with Gasteiger partial charge in [-0.05, 0) is 132 Å². The van der Waals surface area contributed by atoms with Gasteiger partial charge >= 0.3 is 0 Å². The van der Waals surface area contributed by atoms with Crippen LogP contribution in [0.5, 0.6) is 0 Å². The Kier molecular flexibility index (Phi) is 7.85. The number of nitrogens with zero attached hydrogens (tertiary/aromatic N) is 1. The van der Waals surface area contributed by atoms with Crippen molar-refractivity contribution in [3.63, 3.8) is 0 Å². The molecule has 0 fully saturated rings. The Morgan fingerprint density at radius 3 is 1.32 bits per heavy atom. The van der Waals surface area contributed by atoms with E-state index in [1.54, 1.807) is 0 Å². The lowest BCUT2D eigenvalue weighted by molar-refractivity contribution is 0.669. The third-order valence-corrected chi connectivity index (χ3v) is 13.5. The number of furan rings is 1. The smallest absolute Gasteiger partial charge is 0.135 e. The Labute approximate surface area is 366 Å². The van der Waals surface area contributed by atoms with Crippen LogP contribution in [0, 0.1) is 0 Å². The van der Waals surface area contributed by atoms with Crippen molar-refractivity contribution in [1.82, 2.24) is 0 Å². The molecule has 1 heterocycles. The maximum Gasteiger partial charge on any atom is 0.135 e. The van der Waals surface area contributed by atoms with Gasteiger partial charge in [0, 0.05) is 27.8 Å². The van der Waals surface area contributed by atoms with Crippen molar-refractivity contribution in [3.8, 4) is 55.6 Å². The van der Waals surface area contributed by atoms with Crippen LogP contribution in [0.2, 0.25) is 0 Å². The fourth-order valence-corrected chi connectivity index (χ4v) is 10.8. The van der Waals surface area contributed by atoms with Gasteiger partial charge in [-0.1, -0.05) is 182 Å². The molecule has 11 aromatic rings. The average Bonchev–Trinajstić information content (AvgIpc) is 3.85. The number of para-hydroxylation sites is 1. The van der Waals surface area contributed by atoms with Gasteiger partial charge in [0.2, 0.25) is 0 Å². The molecule has 0 saturated carbocycles. The van der Waals surface area contributed by atoms with Crippen molar-refractivity contribution in [3.05, 3.63) is 259 Å². The van der Waals surface area contributed by atoms with Crippen LogP contribution in [0.1, 0.15) is 22.3 Å². The van der Waals surface area contributed by atoms with Gasteiger partial charge in [0.05, 0.1) is 5.41 Å². The lowest BCUT2D eigenvalue weighted by atomic mass is 9.65. The maximum absolute atomic E-state index is 6.27. The van der Waals surface area contributed by atoms with Crippen molar-refractivity contribution in [1.29, 1.82) is 0 Å². The second-order valence-electron chi connectivity index (χ2n) is 16.8. The summed E-state index contributed by atoms with van der Waals surface area (Å²) in [6.45, 7) is 0. The number of hydrogen-bond acceptors (Lipinski definition) is 2. The van der Waals surface area contributed by atoms with E-state index in [0.29, 0.717) is 0 Å². The summed E-state index contributed by atoms with van der Waals surface area (Å²) in [5.74, 6) is 0. The number of rotatable bonds is 5. The highest BCUT2D eigenvalue weighted by Gasteiger charge is 2.49. The van der Waals surface area contributed by atoms with Gasteiger partial charge in [0.25, 0.3) is 0 Å². The van der Waals surface area contributed by atoms with Gasteiger partial charge < -0.3 is 9.32 Å². The van der Waals surface area contributed by atoms with Gasteiger partial charge in [-0.25, -0.2) is 0 Å². The predicted octanol–water partition coefficient (Wildman–Crippen LogP) is 16.4. The van der Waals surface area contributed by atoms with Gasteiger partial charge in [0.15, 0.2) is 0 Å². The first kappa shape index (κ1) is 35.5. The molecule has 294 valence electrons. The largest absolute Gasteiger partial charge is 0.456 e. The average molecular weight is 802 g/mol. The molecule has 1 aromatic heterocycles. The molecule has 2 aliphatic carbocycles. The SMILES string of the molecule is c1ccc(-c2ccc(N(c3ccc(-c4ccc5c(c4)C4(c6ccccc6-c6ccccc6-5)c5ccccc5-c5ccccc54)cc3)c3ccc4oc5ccccc5c4c3)cc2)cc1. The van der Waals surface area contributed by atoms with Crippen molar-refractivity contribution in [2.24, 2.45) is 0 Å². The zero-order valence-corrected chi connectivity index (χ0v) is 34.4. The molecule has 0 aliphatic heterocycles. The van der Waals surface area contributed by atoms with Gasteiger partial charge in [-0.3, -0.25) is 0 Å². The van der Waals surface area contributed by atoms with Crippen LogP contribution >= 0.6 is 0 Å². The molecule has 0 saturated heterocycles. The summed E-state index contributed by atoms with van der Waals surface area (Å²) in [7, 11) is 0. The van der Waals surface area contributed by atoms with Crippen LogP contribution in [0.25, 0.3) is 77.6 Å². The Balaban J connectivity index is 0.986. The molecule has 13 rings (SSSR count). The Morgan fingerprint density at radius 1 is 0.270 bits per heavy atom. The van der Waals surface area contributed by atoms with Crippen molar-refractivity contribution in [2.45, 2.75) is 5.41 Å². The zero-order chi connectivity index (χ0) is 41.5. The van der Waals surface area contributed by atoms with E-state index in [-0.39, 0.29) is 0 Å². The molecule has 10 aromatic carbocycles. The third kappa shape index (κ3) is 5.32. The van der Waals surface area contributed by atoms with Crippen molar-refractivity contribution in [2.75, 3.05) is 4.90 Å². The highest BCUT2D eigenvalue weighted by atomic mass is 16.3. The van der Waals surface area contributed by atoms with Crippen LogP contribution in [0.3, 0.4) is 0 Å². The molecular weight excluding hydrogens is 763 g/mol. The summed E-state index contributed by atoms with van der Waals surface area (Å²) in [5, 5.41) is 2.21. The van der Waals surface area contributed by atoms with E-state index in [4.69, 9.17) is 4.42 Å². The van der Waals surface area contributed by atoms with Gasteiger partial charge in [-0.15, -0.1) is 0 Å². The van der Waals surface area contributed by atoms with E-state index in [0.717, 1.165) is 44.6 Å². The van der Waals surface area contributed by atoms with E-state index < -0.39 is 5.41 Å². The second kappa shape index (κ2) is 13.9. The molecule has 1 spiro atoms. The summed E-state index contributed by atoms with van der Waals surface area (Å²) in [5.41, 5.74) is 22.2. The first-order chi connectivity index (χ1) is 31.2. The van der Waals surface area contributed by atoms with Crippen molar-refractivity contribution < 1.29 is 4.42 Å². The van der Waals surface area contributed by atoms with Crippen LogP contribution in [0.4, 0.5) is 17.1 Å². The third-order valence-electron chi connectivity index (χ3n) is 13.5. The summed E-state index contributed by atoms with van der Waals surface area (Å²) < 4.78 is 6.27. The Bertz CT molecular complexity index is 3510. The molecule has 0 N–H and O–H groups in total. The normalized spacial score (nSPS) is 12.9. The standard InChI is InChI=1S/C61H39NO/c1-2-14-40(15-3-1)41-26-31-44(32-27-41)62(46-35-37-60-54(39-46)53-21-9-13-25-59(53)63-60)45-33-28-42(29-34-45)43-30-36-52-48-17-5-4-16-47(48)49-18-6-10-22-55(49)61(58(52)38-43)56-23-11-7-19-50(56)51-20-8-12-24-57(51)61/h1-39H. The highest BCUT2D eigenvalue weighted by molar-refractivity contribution is 6.06. The molecular formula is C61H39NO. The molecule has 0 bridgehead atoms. The molecule has 0 unspecified atom stereocenters. The molecule has 2 heteroatoms. The monoisotopic (exact) mass is 801 g/mol. The predicted molar refractivity (Wildman–Crippen MR) is 261 cm³/mol. The minimum absolute atomic E-state index is 0.521. The van der Waals surface area contributed by atoms with E-state index >= 15 is 0 Å². The summed E-state index contributed by atoms with van der Waals surface area (Å²) in [4.78, 5) is 2.35. The first-order valence-electron chi connectivity index (χ1n) is 21.7. The Morgan fingerprint density at radius 2 is 0.698 bits per heavy atom. The van der Waals surface area contributed by atoms with Crippen molar-refractivity contribution >= 4 is 39.0 Å². The maximum atomic E-state index is 6.27. The Hall–Kier alpha value is -8.20. The second-order valence-corrected chi connectivity index (χ2v) is 16.8. The lowest BCUT2D eigenvalue weighted by Crippen LogP contribution is -2.29. The van der Waals surface area contributed by atoms with Gasteiger partial charge in [0.1, 0.15) is 11.2 Å². The molecule has 0 radical (unpaired) electrons. The summed E-state index contributed by atoms with van der Waals surface area (Å²) >= 11 is 0. The van der Waals surface area contributed by atoms with Crippen LogP contribution in [-0.2, 0) is 5.41 Å². The van der Waals surface area contributed by atoms with Gasteiger partial charge in [-0.2, -0.15) is 0 Å². The van der Waals surface area contributed by atoms with Crippen LogP contribution < -0.4 is 4.90 Å². The van der Waals surface area contributed by atoms with Crippen LogP contribution in [0.15, 0.2) is 241 Å². The van der Waals surface area contributed by atoms with E-state index in [2.05, 4.69) is 229 Å². The van der Waals surface area contributed by atoms with E-state index in [1.165, 1.54) is 72.3 Å².